The Labute approximate surface area is 121 Å². The second kappa shape index (κ2) is 6.81. The van der Waals surface area contributed by atoms with Crippen LogP contribution in [-0.2, 0) is 6.54 Å². The van der Waals surface area contributed by atoms with Crippen molar-refractivity contribution in [3.05, 3.63) is 29.6 Å². The van der Waals surface area contributed by atoms with Crippen molar-refractivity contribution in [3.8, 4) is 0 Å². The Morgan fingerprint density at radius 3 is 2.85 bits per heavy atom. The first-order chi connectivity index (χ1) is 9.56. The van der Waals surface area contributed by atoms with E-state index in [1.54, 1.807) is 6.20 Å². The van der Waals surface area contributed by atoms with Crippen LogP contribution in [0, 0.1) is 11.3 Å². The molecule has 0 radical (unpaired) electrons. The Hall–Kier alpha value is -1.46. The van der Waals surface area contributed by atoms with Gasteiger partial charge >= 0.3 is 0 Å². The first kappa shape index (κ1) is 14.9. The van der Waals surface area contributed by atoms with Gasteiger partial charge in [-0.05, 0) is 57.6 Å². The summed E-state index contributed by atoms with van der Waals surface area (Å²) in [5, 5.41) is 7.59. The number of nitrogens with two attached hydrogens (primary N) is 1. The molecule has 20 heavy (non-hydrogen) atoms. The predicted molar refractivity (Wildman–Crippen MR) is 81.8 cm³/mol. The largest absolute Gasteiger partial charge is 0.382 e. The minimum absolute atomic E-state index is 0.0493. The monoisotopic (exact) mass is 275 g/mol. The normalized spacial score (nSPS) is 17.6. The standard InChI is InChI=1S/C15H25N5/c1-19-8-5-12(6-9-19)10-20(2)11-13-4-3-7-18-14(13)15(16)17/h3-4,7,12H,5-6,8-11H2,1-2H3,(H3,16,17). The number of piperidine rings is 1. The smallest absolute Gasteiger partial charge is 0.142 e. The molecule has 2 heterocycles. The van der Waals surface area contributed by atoms with Gasteiger partial charge in [-0.3, -0.25) is 10.4 Å². The van der Waals surface area contributed by atoms with Crippen LogP contribution in [0.3, 0.4) is 0 Å². The summed E-state index contributed by atoms with van der Waals surface area (Å²) in [5.74, 6) is 0.821. The number of hydrogen-bond acceptors (Lipinski definition) is 4. The fourth-order valence-electron chi connectivity index (χ4n) is 2.85. The molecule has 5 heteroatoms. The topological polar surface area (TPSA) is 69.2 Å². The van der Waals surface area contributed by atoms with Crippen molar-refractivity contribution in [1.82, 2.24) is 14.8 Å². The van der Waals surface area contributed by atoms with E-state index >= 15 is 0 Å². The van der Waals surface area contributed by atoms with E-state index in [-0.39, 0.29) is 5.84 Å². The number of pyridine rings is 1. The molecule has 3 N–H and O–H groups in total. The molecule has 0 amide bonds. The van der Waals surface area contributed by atoms with E-state index in [1.165, 1.54) is 25.9 Å². The molecule has 0 aliphatic carbocycles. The lowest BCUT2D eigenvalue weighted by molar-refractivity contribution is 0.173. The van der Waals surface area contributed by atoms with Crippen molar-refractivity contribution in [1.29, 1.82) is 5.41 Å². The maximum absolute atomic E-state index is 7.59. The Bertz CT molecular complexity index is 451. The van der Waals surface area contributed by atoms with Gasteiger partial charge in [0.15, 0.2) is 0 Å². The molecular formula is C15H25N5. The maximum atomic E-state index is 7.59. The van der Waals surface area contributed by atoms with E-state index in [2.05, 4.69) is 28.9 Å². The van der Waals surface area contributed by atoms with E-state index < -0.39 is 0 Å². The van der Waals surface area contributed by atoms with Crippen LogP contribution in [0.5, 0.6) is 0 Å². The SMILES string of the molecule is CN1CCC(CN(C)Cc2cccnc2C(=N)N)CC1. The fourth-order valence-corrected chi connectivity index (χ4v) is 2.85. The van der Waals surface area contributed by atoms with Crippen LogP contribution in [0.25, 0.3) is 0 Å². The van der Waals surface area contributed by atoms with Gasteiger partial charge in [-0.15, -0.1) is 0 Å². The van der Waals surface area contributed by atoms with Crippen molar-refractivity contribution in [2.75, 3.05) is 33.7 Å². The van der Waals surface area contributed by atoms with Crippen molar-refractivity contribution < 1.29 is 0 Å². The Kier molecular flexibility index (Phi) is 5.09. The number of nitrogen functional groups attached to an aromatic ring is 1. The quantitative estimate of drug-likeness (QED) is 0.624. The highest BCUT2D eigenvalue weighted by Crippen LogP contribution is 2.18. The molecule has 1 aromatic heterocycles. The molecule has 0 atom stereocenters. The van der Waals surface area contributed by atoms with Gasteiger partial charge in [-0.2, -0.15) is 0 Å². The summed E-state index contributed by atoms with van der Waals surface area (Å²) >= 11 is 0. The molecule has 5 nitrogen and oxygen atoms in total. The Morgan fingerprint density at radius 1 is 1.50 bits per heavy atom. The highest BCUT2D eigenvalue weighted by atomic mass is 15.1. The molecule has 0 unspecified atom stereocenters. The van der Waals surface area contributed by atoms with Gasteiger partial charge in [-0.1, -0.05) is 6.07 Å². The Morgan fingerprint density at radius 2 is 2.20 bits per heavy atom. The van der Waals surface area contributed by atoms with Gasteiger partial charge in [-0.25, -0.2) is 0 Å². The van der Waals surface area contributed by atoms with Crippen molar-refractivity contribution in [3.63, 3.8) is 0 Å². The van der Waals surface area contributed by atoms with E-state index in [1.807, 2.05) is 12.1 Å². The molecule has 0 bridgehead atoms. The molecule has 1 aromatic rings. The third-order valence-corrected chi connectivity index (χ3v) is 3.99. The van der Waals surface area contributed by atoms with Gasteiger partial charge in [0.05, 0.1) is 0 Å². The van der Waals surface area contributed by atoms with Crippen LogP contribution in [0.15, 0.2) is 18.3 Å². The molecule has 1 fully saturated rings. The van der Waals surface area contributed by atoms with Crippen LogP contribution in [0.2, 0.25) is 0 Å². The van der Waals surface area contributed by atoms with Crippen LogP contribution < -0.4 is 5.73 Å². The summed E-state index contributed by atoms with van der Waals surface area (Å²) < 4.78 is 0. The predicted octanol–water partition coefficient (Wildman–Crippen LogP) is 1.14. The number of likely N-dealkylation sites (tertiary alicyclic amines) is 1. The molecular weight excluding hydrogens is 250 g/mol. The molecule has 2 rings (SSSR count). The first-order valence-corrected chi connectivity index (χ1v) is 7.21. The van der Waals surface area contributed by atoms with Crippen molar-refractivity contribution >= 4 is 5.84 Å². The number of amidine groups is 1. The van der Waals surface area contributed by atoms with Crippen molar-refractivity contribution in [2.24, 2.45) is 11.7 Å². The van der Waals surface area contributed by atoms with E-state index in [9.17, 15) is 0 Å². The Balaban J connectivity index is 1.91. The maximum Gasteiger partial charge on any atom is 0.142 e. The summed E-state index contributed by atoms with van der Waals surface area (Å²) in [6.07, 6.45) is 4.23. The lowest BCUT2D eigenvalue weighted by atomic mass is 9.96. The summed E-state index contributed by atoms with van der Waals surface area (Å²) in [6.45, 7) is 4.30. The van der Waals surface area contributed by atoms with Gasteiger partial charge in [0, 0.05) is 19.3 Å². The lowest BCUT2D eigenvalue weighted by Crippen LogP contribution is -2.35. The molecule has 0 spiro atoms. The van der Waals surface area contributed by atoms with Crippen LogP contribution in [0.1, 0.15) is 24.1 Å². The van der Waals surface area contributed by atoms with E-state index in [4.69, 9.17) is 11.1 Å². The zero-order chi connectivity index (χ0) is 14.5. The fraction of sp³-hybridized carbons (Fsp3) is 0.600. The van der Waals surface area contributed by atoms with Gasteiger partial charge in [0.1, 0.15) is 11.5 Å². The highest BCUT2D eigenvalue weighted by molar-refractivity contribution is 5.94. The van der Waals surface area contributed by atoms with Crippen LogP contribution >= 0.6 is 0 Å². The summed E-state index contributed by atoms with van der Waals surface area (Å²) in [6, 6.07) is 3.92. The van der Waals surface area contributed by atoms with Crippen LogP contribution in [-0.4, -0.2) is 54.3 Å². The van der Waals surface area contributed by atoms with E-state index in [0.717, 1.165) is 24.6 Å². The molecule has 0 saturated carbocycles. The molecule has 1 aliphatic heterocycles. The minimum atomic E-state index is 0.0493. The summed E-state index contributed by atoms with van der Waals surface area (Å²) in [5.41, 5.74) is 7.24. The minimum Gasteiger partial charge on any atom is -0.382 e. The van der Waals surface area contributed by atoms with Gasteiger partial charge in [0.2, 0.25) is 0 Å². The molecule has 0 aromatic carbocycles. The second-order valence-electron chi connectivity index (χ2n) is 5.87. The van der Waals surface area contributed by atoms with Crippen LogP contribution in [0.4, 0.5) is 0 Å². The zero-order valence-corrected chi connectivity index (χ0v) is 12.5. The van der Waals surface area contributed by atoms with Crippen molar-refractivity contribution in [2.45, 2.75) is 19.4 Å². The molecule has 110 valence electrons. The number of hydrogen-bond donors (Lipinski definition) is 2. The number of aromatic nitrogens is 1. The summed E-state index contributed by atoms with van der Waals surface area (Å²) in [7, 11) is 4.32. The third-order valence-electron chi connectivity index (χ3n) is 3.99. The number of nitrogens with zero attached hydrogens (tertiary/aromatic N) is 3. The highest BCUT2D eigenvalue weighted by Gasteiger charge is 2.18. The lowest BCUT2D eigenvalue weighted by Gasteiger charge is -2.31. The number of nitrogens with one attached hydrogen (secondary N) is 1. The average molecular weight is 275 g/mol. The zero-order valence-electron chi connectivity index (χ0n) is 12.5. The number of rotatable bonds is 5. The third kappa shape index (κ3) is 4.02. The second-order valence-corrected chi connectivity index (χ2v) is 5.87. The average Bonchev–Trinajstić information content (AvgIpc) is 2.41. The first-order valence-electron chi connectivity index (χ1n) is 7.21. The summed E-state index contributed by atoms with van der Waals surface area (Å²) in [4.78, 5) is 8.92. The molecule has 1 aliphatic rings. The van der Waals surface area contributed by atoms with E-state index in [0.29, 0.717) is 5.69 Å². The van der Waals surface area contributed by atoms with Gasteiger partial charge < -0.3 is 15.5 Å². The van der Waals surface area contributed by atoms with Gasteiger partial charge in [0.25, 0.3) is 0 Å². The molecule has 1 saturated heterocycles.